The lowest BCUT2D eigenvalue weighted by atomic mass is 10.3. The number of aromatic nitrogens is 1. The molecule has 0 saturated carbocycles. The second kappa shape index (κ2) is 4.12. The van der Waals surface area contributed by atoms with Gasteiger partial charge in [-0.15, -0.1) is 11.3 Å². The number of rotatable bonds is 3. The van der Waals surface area contributed by atoms with Crippen molar-refractivity contribution in [2.75, 3.05) is 0 Å². The van der Waals surface area contributed by atoms with E-state index in [1.165, 1.54) is 17.6 Å². The zero-order chi connectivity index (χ0) is 10.8. The lowest BCUT2D eigenvalue weighted by Gasteiger charge is -1.97. The maximum Gasteiger partial charge on any atom is 0.273 e. The molecule has 1 heterocycles. The molecule has 0 aliphatic rings. The van der Waals surface area contributed by atoms with Crippen molar-refractivity contribution in [1.82, 2.24) is 4.98 Å². The van der Waals surface area contributed by atoms with Crippen molar-refractivity contribution in [2.45, 2.75) is 5.25 Å². The van der Waals surface area contributed by atoms with Gasteiger partial charge in [0.1, 0.15) is 10.3 Å². The van der Waals surface area contributed by atoms with Crippen LogP contribution in [0.3, 0.4) is 0 Å². The number of nitrogens with zero attached hydrogens (tertiary/aromatic N) is 1. The van der Waals surface area contributed by atoms with Crippen LogP contribution in [0, 0.1) is 0 Å². The number of Topliss-reactive ketones (excluding diaryl/α,β-unsaturated/α-hetero) is 1. The van der Waals surface area contributed by atoms with Crippen molar-refractivity contribution >= 4 is 46.3 Å². The summed E-state index contributed by atoms with van der Waals surface area (Å²) in [5.74, 6) is -0.683. The zero-order valence-electron chi connectivity index (χ0n) is 7.51. The average molecular weight is 236 g/mol. The summed E-state index contributed by atoms with van der Waals surface area (Å²) in [4.78, 5) is 25.5. The molecular weight excluding hydrogens is 230 g/mol. The third-order valence-electron chi connectivity index (χ3n) is 1.89. The SMILES string of the molecule is O=[C]C(=O)C(S)c1nc2ccccc2s1. The minimum absolute atomic E-state index is 0.535. The topological polar surface area (TPSA) is 47.0 Å². The summed E-state index contributed by atoms with van der Waals surface area (Å²) in [6.45, 7) is 0. The van der Waals surface area contributed by atoms with Crippen molar-refractivity contribution in [3.8, 4) is 0 Å². The number of ketones is 1. The molecule has 1 aromatic carbocycles. The summed E-state index contributed by atoms with van der Waals surface area (Å²) in [6, 6.07) is 7.52. The van der Waals surface area contributed by atoms with E-state index in [0.29, 0.717) is 5.01 Å². The quantitative estimate of drug-likeness (QED) is 0.654. The van der Waals surface area contributed by atoms with Gasteiger partial charge >= 0.3 is 0 Å². The molecule has 5 heteroatoms. The first-order valence-corrected chi connectivity index (χ1v) is 5.51. The van der Waals surface area contributed by atoms with Gasteiger partial charge in [0.05, 0.1) is 10.2 Å². The van der Waals surface area contributed by atoms with Gasteiger partial charge in [-0.2, -0.15) is 12.6 Å². The number of carbonyl (C=O) groups excluding carboxylic acids is 2. The van der Waals surface area contributed by atoms with E-state index in [-0.39, 0.29) is 0 Å². The number of fused-ring (bicyclic) bond motifs is 1. The number of benzene rings is 1. The van der Waals surface area contributed by atoms with E-state index >= 15 is 0 Å². The van der Waals surface area contributed by atoms with E-state index in [4.69, 9.17) is 0 Å². The standard InChI is InChI=1S/C10H6NO2S2/c12-5-7(13)9(14)10-11-6-3-1-2-4-8(6)15-10/h1-4,9,14H. The highest BCUT2D eigenvalue weighted by Gasteiger charge is 2.20. The van der Waals surface area contributed by atoms with Crippen LogP contribution in [-0.2, 0) is 9.59 Å². The van der Waals surface area contributed by atoms with Gasteiger partial charge in [-0.3, -0.25) is 9.59 Å². The summed E-state index contributed by atoms with van der Waals surface area (Å²) >= 11 is 5.40. The van der Waals surface area contributed by atoms with E-state index in [1.54, 1.807) is 0 Å². The highest BCUT2D eigenvalue weighted by molar-refractivity contribution is 7.81. The lowest BCUT2D eigenvalue weighted by molar-refractivity contribution is -0.112. The maximum atomic E-state index is 11.1. The molecule has 0 bridgehead atoms. The van der Waals surface area contributed by atoms with Crippen LogP contribution in [0.1, 0.15) is 10.3 Å². The van der Waals surface area contributed by atoms with Gasteiger partial charge in [0.25, 0.3) is 6.29 Å². The van der Waals surface area contributed by atoms with Crippen LogP contribution in [0.4, 0.5) is 0 Å². The lowest BCUT2D eigenvalue weighted by Crippen LogP contribution is -2.07. The normalized spacial score (nSPS) is 12.6. The van der Waals surface area contributed by atoms with Crippen LogP contribution in [-0.4, -0.2) is 17.1 Å². The van der Waals surface area contributed by atoms with Crippen molar-refractivity contribution in [3.63, 3.8) is 0 Å². The predicted octanol–water partition coefficient (Wildman–Crippen LogP) is 1.95. The molecule has 0 N–H and O–H groups in total. The molecule has 2 rings (SSSR count). The summed E-state index contributed by atoms with van der Waals surface area (Å²) in [7, 11) is 0. The summed E-state index contributed by atoms with van der Waals surface area (Å²) in [5, 5.41) is -0.257. The third kappa shape index (κ3) is 1.93. The zero-order valence-corrected chi connectivity index (χ0v) is 9.22. The number of carbonyl (C=O) groups is 1. The van der Waals surface area contributed by atoms with Crippen LogP contribution < -0.4 is 0 Å². The van der Waals surface area contributed by atoms with Gasteiger partial charge < -0.3 is 0 Å². The first-order chi connectivity index (χ1) is 7.22. The number of hydrogen-bond acceptors (Lipinski definition) is 5. The smallest absolute Gasteiger partial charge is 0.273 e. The molecule has 0 spiro atoms. The molecule has 1 radical (unpaired) electrons. The number of para-hydroxylation sites is 1. The number of hydrogen-bond donors (Lipinski definition) is 1. The molecule has 75 valence electrons. The summed E-state index contributed by atoms with van der Waals surface area (Å²) < 4.78 is 0.977. The van der Waals surface area contributed by atoms with E-state index in [2.05, 4.69) is 17.6 Å². The van der Waals surface area contributed by atoms with Gasteiger partial charge in [0.15, 0.2) is 0 Å². The fourth-order valence-corrected chi connectivity index (χ4v) is 2.40. The van der Waals surface area contributed by atoms with Crippen LogP contribution >= 0.6 is 24.0 Å². The Morgan fingerprint density at radius 2 is 2.20 bits per heavy atom. The minimum atomic E-state index is -0.792. The molecule has 1 aromatic heterocycles. The highest BCUT2D eigenvalue weighted by atomic mass is 32.1. The van der Waals surface area contributed by atoms with Crippen LogP contribution in [0.5, 0.6) is 0 Å². The molecule has 2 aromatic rings. The molecule has 1 atom stereocenters. The van der Waals surface area contributed by atoms with E-state index in [0.717, 1.165) is 10.2 Å². The summed E-state index contributed by atoms with van der Waals surface area (Å²) in [6.07, 6.45) is 1.31. The Morgan fingerprint density at radius 3 is 2.87 bits per heavy atom. The predicted molar refractivity (Wildman–Crippen MR) is 62.0 cm³/mol. The Kier molecular flexibility index (Phi) is 2.83. The molecular formula is C10H6NO2S2. The fourth-order valence-electron chi connectivity index (χ4n) is 1.17. The molecule has 0 aliphatic heterocycles. The molecule has 0 amide bonds. The molecule has 0 aliphatic carbocycles. The second-order valence-corrected chi connectivity index (χ2v) is 4.47. The molecule has 0 saturated heterocycles. The monoisotopic (exact) mass is 236 g/mol. The van der Waals surface area contributed by atoms with Gasteiger partial charge in [0.2, 0.25) is 5.78 Å². The summed E-state index contributed by atoms with van der Waals surface area (Å²) in [5.41, 5.74) is 0.815. The van der Waals surface area contributed by atoms with Crippen molar-refractivity contribution < 1.29 is 9.59 Å². The van der Waals surface area contributed by atoms with E-state index < -0.39 is 11.0 Å². The highest BCUT2D eigenvalue weighted by Crippen LogP contribution is 2.29. The van der Waals surface area contributed by atoms with Crippen molar-refractivity contribution in [2.24, 2.45) is 0 Å². The van der Waals surface area contributed by atoms with Gasteiger partial charge in [-0.25, -0.2) is 4.98 Å². The first-order valence-electron chi connectivity index (χ1n) is 4.18. The van der Waals surface area contributed by atoms with Crippen LogP contribution in [0.15, 0.2) is 24.3 Å². The largest absolute Gasteiger partial charge is 0.289 e. The maximum absolute atomic E-state index is 11.1. The Balaban J connectivity index is 2.44. The second-order valence-electron chi connectivity index (χ2n) is 2.89. The molecule has 15 heavy (non-hydrogen) atoms. The van der Waals surface area contributed by atoms with Crippen LogP contribution in [0.2, 0.25) is 0 Å². The van der Waals surface area contributed by atoms with Crippen molar-refractivity contribution in [3.05, 3.63) is 29.3 Å². The number of thiol groups is 1. The fraction of sp³-hybridized carbons (Fsp3) is 0.100. The Bertz CT molecular complexity index is 488. The average Bonchev–Trinajstić information content (AvgIpc) is 2.70. The molecule has 3 nitrogen and oxygen atoms in total. The molecule has 0 fully saturated rings. The van der Waals surface area contributed by atoms with E-state index in [1.807, 2.05) is 24.3 Å². The Hall–Kier alpha value is -1.20. The third-order valence-corrected chi connectivity index (χ3v) is 3.65. The Labute approximate surface area is 95.5 Å². The van der Waals surface area contributed by atoms with Gasteiger partial charge in [-0.1, -0.05) is 12.1 Å². The number of thiazole rings is 1. The van der Waals surface area contributed by atoms with Crippen LogP contribution in [0.25, 0.3) is 10.2 Å². The van der Waals surface area contributed by atoms with Gasteiger partial charge in [0, 0.05) is 0 Å². The van der Waals surface area contributed by atoms with Gasteiger partial charge in [-0.05, 0) is 12.1 Å². The Morgan fingerprint density at radius 1 is 1.47 bits per heavy atom. The first kappa shape index (κ1) is 10.3. The minimum Gasteiger partial charge on any atom is -0.289 e. The van der Waals surface area contributed by atoms with E-state index in [9.17, 15) is 9.59 Å². The molecule has 1 unspecified atom stereocenters. The van der Waals surface area contributed by atoms with Crippen molar-refractivity contribution in [1.29, 1.82) is 0 Å².